The summed E-state index contributed by atoms with van der Waals surface area (Å²) in [5.74, 6) is -2.00. The highest BCUT2D eigenvalue weighted by molar-refractivity contribution is 5.89. The highest BCUT2D eigenvalue weighted by Gasteiger charge is 2.37. The second-order valence-electron chi connectivity index (χ2n) is 9.74. The van der Waals surface area contributed by atoms with Gasteiger partial charge in [0.05, 0.1) is 5.92 Å². The van der Waals surface area contributed by atoms with Gasteiger partial charge in [0, 0.05) is 12.0 Å². The molecule has 4 rings (SSSR count). The lowest BCUT2D eigenvalue weighted by molar-refractivity contribution is -0.143. The summed E-state index contributed by atoms with van der Waals surface area (Å²) in [7, 11) is 0. The van der Waals surface area contributed by atoms with Gasteiger partial charge in [-0.1, -0.05) is 67.8 Å². The monoisotopic (exact) mass is 464 g/mol. The molecular formula is C27H32N2O5. The van der Waals surface area contributed by atoms with Crippen LogP contribution < -0.4 is 10.6 Å². The lowest BCUT2D eigenvalue weighted by atomic mass is 9.93. The average Bonchev–Trinajstić information content (AvgIpc) is 2.93. The number of fused-ring (bicyclic) bond motifs is 3. The summed E-state index contributed by atoms with van der Waals surface area (Å²) in [6, 6.07) is 15.7. The molecule has 0 unspecified atom stereocenters. The summed E-state index contributed by atoms with van der Waals surface area (Å²) < 4.78 is 5.57. The summed E-state index contributed by atoms with van der Waals surface area (Å²) >= 11 is 0. The molecule has 0 spiro atoms. The zero-order valence-electron chi connectivity index (χ0n) is 19.7. The highest BCUT2D eigenvalue weighted by atomic mass is 16.5. The standard InChI is InChI=1S/C27H32N2O5/c1-27(2,25(32)28-23-15-5-3-4-14-21(23)24(30)31)29-26(33)34-16-22-19-12-8-6-10-17(19)18-11-7-9-13-20(18)22/h6-13,21-23H,3-5,14-16H2,1-2H3,(H,28,32)(H,29,33)(H,30,31)/t21-,23+/m1/s1. The summed E-state index contributed by atoms with van der Waals surface area (Å²) in [5.41, 5.74) is 3.26. The van der Waals surface area contributed by atoms with E-state index < -0.39 is 35.5 Å². The molecule has 2 amide bonds. The minimum absolute atomic E-state index is 0.0718. The van der Waals surface area contributed by atoms with E-state index in [1.807, 2.05) is 36.4 Å². The summed E-state index contributed by atoms with van der Waals surface area (Å²) in [6.07, 6.45) is 3.14. The van der Waals surface area contributed by atoms with E-state index in [9.17, 15) is 19.5 Å². The normalized spacial score (nSPS) is 19.9. The zero-order chi connectivity index (χ0) is 24.3. The topological polar surface area (TPSA) is 105 Å². The lowest BCUT2D eigenvalue weighted by Gasteiger charge is -2.30. The van der Waals surface area contributed by atoms with Gasteiger partial charge in [0.2, 0.25) is 5.91 Å². The Kier molecular flexibility index (Phi) is 6.91. The van der Waals surface area contributed by atoms with E-state index in [2.05, 4.69) is 22.8 Å². The number of hydrogen-bond donors (Lipinski definition) is 3. The number of hydrogen-bond acceptors (Lipinski definition) is 4. The molecule has 3 N–H and O–H groups in total. The number of carboxylic acids is 1. The van der Waals surface area contributed by atoms with E-state index in [-0.39, 0.29) is 12.5 Å². The van der Waals surface area contributed by atoms with E-state index in [1.165, 1.54) is 0 Å². The molecule has 7 nitrogen and oxygen atoms in total. The molecule has 2 aromatic rings. The molecule has 0 aromatic heterocycles. The fourth-order valence-electron chi connectivity index (χ4n) is 5.07. The molecule has 1 fully saturated rings. The molecule has 180 valence electrons. The molecule has 1 saturated carbocycles. The Bertz CT molecular complexity index is 1030. The Morgan fingerprint density at radius 3 is 2.15 bits per heavy atom. The van der Waals surface area contributed by atoms with Crippen molar-refractivity contribution < 1.29 is 24.2 Å². The number of benzene rings is 2. The van der Waals surface area contributed by atoms with Gasteiger partial charge in [-0.15, -0.1) is 0 Å². The number of amides is 2. The van der Waals surface area contributed by atoms with Crippen molar-refractivity contribution >= 4 is 18.0 Å². The molecule has 0 saturated heterocycles. The van der Waals surface area contributed by atoms with E-state index in [1.54, 1.807) is 13.8 Å². The number of aliphatic carboxylic acids is 1. The number of carboxylic acid groups (broad SMARTS) is 1. The van der Waals surface area contributed by atoms with Crippen LogP contribution in [0.2, 0.25) is 0 Å². The zero-order valence-corrected chi connectivity index (χ0v) is 19.7. The number of rotatable bonds is 6. The van der Waals surface area contributed by atoms with E-state index in [4.69, 9.17) is 4.74 Å². The van der Waals surface area contributed by atoms with Crippen LogP contribution in [0.5, 0.6) is 0 Å². The quantitative estimate of drug-likeness (QED) is 0.548. The predicted octanol–water partition coefficient (Wildman–Crippen LogP) is 4.45. The van der Waals surface area contributed by atoms with Crippen LogP contribution in [0.4, 0.5) is 4.79 Å². The van der Waals surface area contributed by atoms with Crippen LogP contribution >= 0.6 is 0 Å². The number of alkyl carbamates (subject to hydrolysis) is 1. The van der Waals surface area contributed by atoms with Crippen LogP contribution in [-0.4, -0.2) is 41.3 Å². The Labute approximate surface area is 199 Å². The van der Waals surface area contributed by atoms with Gasteiger partial charge in [-0.2, -0.15) is 0 Å². The van der Waals surface area contributed by atoms with Gasteiger partial charge < -0.3 is 20.5 Å². The maximum absolute atomic E-state index is 13.0. The first-order valence-corrected chi connectivity index (χ1v) is 11.9. The molecule has 2 aliphatic carbocycles. The Morgan fingerprint density at radius 1 is 0.941 bits per heavy atom. The van der Waals surface area contributed by atoms with Crippen LogP contribution in [0.15, 0.2) is 48.5 Å². The molecule has 0 aliphatic heterocycles. The number of carbonyl (C=O) groups excluding carboxylic acids is 2. The van der Waals surface area contributed by atoms with Gasteiger partial charge in [-0.3, -0.25) is 9.59 Å². The molecule has 0 bridgehead atoms. The maximum Gasteiger partial charge on any atom is 0.408 e. The van der Waals surface area contributed by atoms with Gasteiger partial charge in [0.15, 0.2) is 0 Å². The first-order valence-electron chi connectivity index (χ1n) is 11.9. The first-order chi connectivity index (χ1) is 16.3. The Morgan fingerprint density at radius 2 is 1.53 bits per heavy atom. The summed E-state index contributed by atoms with van der Waals surface area (Å²) in [5, 5.41) is 15.1. The van der Waals surface area contributed by atoms with Crippen molar-refractivity contribution in [3.8, 4) is 11.1 Å². The first kappa shape index (κ1) is 23.8. The van der Waals surface area contributed by atoms with E-state index >= 15 is 0 Å². The van der Waals surface area contributed by atoms with E-state index in [0.29, 0.717) is 12.8 Å². The van der Waals surface area contributed by atoms with Crippen LogP contribution in [-0.2, 0) is 14.3 Å². The average molecular weight is 465 g/mol. The molecule has 2 aliphatic rings. The van der Waals surface area contributed by atoms with Crippen molar-refractivity contribution in [1.29, 1.82) is 0 Å². The molecule has 2 aromatic carbocycles. The molecular weight excluding hydrogens is 432 g/mol. The fraction of sp³-hybridized carbons (Fsp3) is 0.444. The summed E-state index contributed by atoms with van der Waals surface area (Å²) in [4.78, 5) is 37.3. The highest BCUT2D eigenvalue weighted by Crippen LogP contribution is 2.44. The molecule has 0 heterocycles. The fourth-order valence-corrected chi connectivity index (χ4v) is 5.07. The van der Waals surface area contributed by atoms with E-state index in [0.717, 1.165) is 41.5 Å². The smallest absolute Gasteiger partial charge is 0.408 e. The van der Waals surface area contributed by atoms with Crippen molar-refractivity contribution in [3.05, 3.63) is 59.7 Å². The molecule has 7 heteroatoms. The second kappa shape index (κ2) is 9.87. The largest absolute Gasteiger partial charge is 0.481 e. The van der Waals surface area contributed by atoms with Crippen molar-refractivity contribution in [1.82, 2.24) is 10.6 Å². The van der Waals surface area contributed by atoms with Gasteiger partial charge in [0.25, 0.3) is 0 Å². The molecule has 34 heavy (non-hydrogen) atoms. The Balaban J connectivity index is 1.38. The maximum atomic E-state index is 13.0. The van der Waals surface area contributed by atoms with Crippen LogP contribution in [0, 0.1) is 5.92 Å². The number of carbonyl (C=O) groups is 3. The minimum Gasteiger partial charge on any atom is -0.481 e. The van der Waals surface area contributed by atoms with Crippen molar-refractivity contribution in [3.63, 3.8) is 0 Å². The predicted molar refractivity (Wildman–Crippen MR) is 128 cm³/mol. The lowest BCUT2D eigenvalue weighted by Crippen LogP contribution is -2.58. The minimum atomic E-state index is -1.25. The van der Waals surface area contributed by atoms with Gasteiger partial charge in [-0.25, -0.2) is 4.79 Å². The molecule has 0 radical (unpaired) electrons. The SMILES string of the molecule is CC(C)(NC(=O)OCC1c2ccccc2-c2ccccc21)C(=O)N[C@H]1CCCCC[C@H]1C(=O)O. The number of nitrogens with one attached hydrogen (secondary N) is 2. The third kappa shape index (κ3) is 4.93. The number of ether oxygens (including phenoxy) is 1. The third-order valence-electron chi connectivity index (χ3n) is 6.98. The summed E-state index contributed by atoms with van der Waals surface area (Å²) in [6.45, 7) is 3.34. The van der Waals surface area contributed by atoms with Gasteiger partial charge >= 0.3 is 12.1 Å². The third-order valence-corrected chi connectivity index (χ3v) is 6.98. The molecule has 2 atom stereocenters. The van der Waals surface area contributed by atoms with Gasteiger partial charge in [0.1, 0.15) is 12.1 Å². The second-order valence-corrected chi connectivity index (χ2v) is 9.74. The van der Waals surface area contributed by atoms with Crippen molar-refractivity contribution in [2.24, 2.45) is 5.92 Å². The Hall–Kier alpha value is -3.35. The van der Waals surface area contributed by atoms with Gasteiger partial charge in [-0.05, 0) is 48.9 Å². The van der Waals surface area contributed by atoms with Crippen LogP contribution in [0.25, 0.3) is 11.1 Å². The van der Waals surface area contributed by atoms with Crippen molar-refractivity contribution in [2.45, 2.75) is 63.5 Å². The van der Waals surface area contributed by atoms with Crippen LogP contribution in [0.3, 0.4) is 0 Å². The van der Waals surface area contributed by atoms with Crippen molar-refractivity contribution in [2.75, 3.05) is 6.61 Å². The van der Waals surface area contributed by atoms with Crippen LogP contribution in [0.1, 0.15) is 63.0 Å².